The first kappa shape index (κ1) is 15.9. The maximum atomic E-state index is 12.2. The Balaban J connectivity index is 1.79. The van der Waals surface area contributed by atoms with E-state index in [1.54, 1.807) is 11.0 Å². The van der Waals surface area contributed by atoms with Gasteiger partial charge in [0.25, 0.3) is 0 Å². The van der Waals surface area contributed by atoms with Crippen LogP contribution in [-0.4, -0.2) is 49.8 Å². The minimum Gasteiger partial charge on any atom is -0.493 e. The van der Waals surface area contributed by atoms with Crippen LogP contribution in [0.2, 0.25) is 0 Å². The molecule has 0 saturated carbocycles. The standard InChI is InChI=1S/C18H23NO4/c1-3-22-16-12-15-10-13(2)23-17(15)11-14(16)4-5-18(20)19-6-8-21-9-7-19/h4-5,11-13H,3,6-10H2,1-2H3. The van der Waals surface area contributed by atoms with E-state index in [0.717, 1.165) is 29.0 Å². The third-order valence-corrected chi connectivity index (χ3v) is 4.06. The van der Waals surface area contributed by atoms with E-state index in [2.05, 4.69) is 6.92 Å². The molecule has 124 valence electrons. The van der Waals surface area contributed by atoms with E-state index in [0.29, 0.717) is 32.9 Å². The summed E-state index contributed by atoms with van der Waals surface area (Å²) in [5.74, 6) is 1.69. The van der Waals surface area contributed by atoms with E-state index in [9.17, 15) is 4.79 Å². The SMILES string of the molecule is CCOc1cc2c(cc1C=CC(=O)N1CCOCC1)OC(C)C2. The highest BCUT2D eigenvalue weighted by molar-refractivity contribution is 5.92. The minimum atomic E-state index is 0.00512. The average Bonchev–Trinajstić information content (AvgIpc) is 2.92. The van der Waals surface area contributed by atoms with Crippen molar-refractivity contribution in [1.29, 1.82) is 0 Å². The first-order chi connectivity index (χ1) is 11.2. The topological polar surface area (TPSA) is 48.0 Å². The van der Waals surface area contributed by atoms with Gasteiger partial charge in [0, 0.05) is 36.7 Å². The number of hydrogen-bond acceptors (Lipinski definition) is 4. The average molecular weight is 317 g/mol. The molecule has 0 bridgehead atoms. The molecule has 1 fully saturated rings. The summed E-state index contributed by atoms with van der Waals surface area (Å²) in [4.78, 5) is 14.0. The van der Waals surface area contributed by atoms with Gasteiger partial charge in [-0.15, -0.1) is 0 Å². The molecule has 3 rings (SSSR count). The van der Waals surface area contributed by atoms with Gasteiger partial charge < -0.3 is 19.1 Å². The fraction of sp³-hybridized carbons (Fsp3) is 0.500. The van der Waals surface area contributed by atoms with Crippen LogP contribution in [0.15, 0.2) is 18.2 Å². The van der Waals surface area contributed by atoms with Gasteiger partial charge in [0.05, 0.1) is 19.8 Å². The van der Waals surface area contributed by atoms with Crippen molar-refractivity contribution in [3.05, 3.63) is 29.3 Å². The lowest BCUT2D eigenvalue weighted by atomic mass is 10.1. The summed E-state index contributed by atoms with van der Waals surface area (Å²) < 4.78 is 16.8. The van der Waals surface area contributed by atoms with Crippen LogP contribution < -0.4 is 9.47 Å². The minimum absolute atomic E-state index is 0.00512. The third kappa shape index (κ3) is 3.67. The van der Waals surface area contributed by atoms with Crippen molar-refractivity contribution in [2.75, 3.05) is 32.9 Å². The Hall–Kier alpha value is -2.01. The fourth-order valence-corrected chi connectivity index (χ4v) is 2.92. The summed E-state index contributed by atoms with van der Waals surface area (Å²) in [6.45, 7) is 7.10. The highest BCUT2D eigenvalue weighted by atomic mass is 16.5. The van der Waals surface area contributed by atoms with E-state index >= 15 is 0 Å². The van der Waals surface area contributed by atoms with Gasteiger partial charge in [0.1, 0.15) is 17.6 Å². The van der Waals surface area contributed by atoms with E-state index in [-0.39, 0.29) is 12.0 Å². The Morgan fingerprint density at radius 3 is 2.91 bits per heavy atom. The zero-order chi connectivity index (χ0) is 16.2. The van der Waals surface area contributed by atoms with Crippen molar-refractivity contribution in [2.24, 2.45) is 0 Å². The van der Waals surface area contributed by atoms with Crippen molar-refractivity contribution in [2.45, 2.75) is 26.4 Å². The first-order valence-corrected chi connectivity index (χ1v) is 8.18. The van der Waals surface area contributed by atoms with Gasteiger partial charge in [0.15, 0.2) is 0 Å². The number of hydrogen-bond donors (Lipinski definition) is 0. The van der Waals surface area contributed by atoms with E-state index in [4.69, 9.17) is 14.2 Å². The number of carbonyl (C=O) groups excluding carboxylic acids is 1. The van der Waals surface area contributed by atoms with Crippen LogP contribution in [0.5, 0.6) is 11.5 Å². The highest BCUT2D eigenvalue weighted by Crippen LogP contribution is 2.35. The summed E-state index contributed by atoms with van der Waals surface area (Å²) >= 11 is 0. The fourth-order valence-electron chi connectivity index (χ4n) is 2.92. The summed E-state index contributed by atoms with van der Waals surface area (Å²) in [6.07, 6.45) is 4.50. The number of rotatable bonds is 4. The van der Waals surface area contributed by atoms with Crippen molar-refractivity contribution in [1.82, 2.24) is 4.90 Å². The summed E-state index contributed by atoms with van der Waals surface area (Å²) in [5, 5.41) is 0. The van der Waals surface area contributed by atoms with Gasteiger partial charge in [-0.05, 0) is 32.1 Å². The van der Waals surface area contributed by atoms with Crippen LogP contribution in [-0.2, 0) is 16.0 Å². The van der Waals surface area contributed by atoms with E-state index in [1.165, 1.54) is 0 Å². The lowest BCUT2D eigenvalue weighted by Crippen LogP contribution is -2.39. The van der Waals surface area contributed by atoms with Crippen LogP contribution >= 0.6 is 0 Å². The molecule has 2 heterocycles. The molecule has 2 aliphatic rings. The second-order valence-electron chi connectivity index (χ2n) is 5.83. The van der Waals surface area contributed by atoms with Gasteiger partial charge in [-0.1, -0.05) is 0 Å². The zero-order valence-corrected chi connectivity index (χ0v) is 13.7. The van der Waals surface area contributed by atoms with Crippen molar-refractivity contribution < 1.29 is 19.0 Å². The molecule has 2 aliphatic heterocycles. The number of carbonyl (C=O) groups is 1. The predicted molar refractivity (Wildman–Crippen MR) is 87.8 cm³/mol. The van der Waals surface area contributed by atoms with Gasteiger partial charge in [0.2, 0.25) is 5.91 Å². The Morgan fingerprint density at radius 2 is 2.17 bits per heavy atom. The molecule has 5 nitrogen and oxygen atoms in total. The Morgan fingerprint density at radius 1 is 1.39 bits per heavy atom. The van der Waals surface area contributed by atoms with Gasteiger partial charge in [-0.25, -0.2) is 0 Å². The molecule has 1 atom stereocenters. The summed E-state index contributed by atoms with van der Waals surface area (Å²) in [6, 6.07) is 3.99. The van der Waals surface area contributed by atoms with Gasteiger partial charge in [-0.3, -0.25) is 4.79 Å². The molecule has 1 unspecified atom stereocenters. The van der Waals surface area contributed by atoms with E-state index < -0.39 is 0 Å². The van der Waals surface area contributed by atoms with Crippen LogP contribution in [0.4, 0.5) is 0 Å². The molecule has 23 heavy (non-hydrogen) atoms. The quantitative estimate of drug-likeness (QED) is 0.800. The van der Waals surface area contributed by atoms with Crippen LogP contribution in [0.1, 0.15) is 25.0 Å². The highest BCUT2D eigenvalue weighted by Gasteiger charge is 2.21. The molecular weight excluding hydrogens is 294 g/mol. The van der Waals surface area contributed by atoms with Gasteiger partial charge in [-0.2, -0.15) is 0 Å². The molecule has 1 aromatic carbocycles. The number of amides is 1. The van der Waals surface area contributed by atoms with Gasteiger partial charge >= 0.3 is 0 Å². The summed E-state index contributed by atoms with van der Waals surface area (Å²) in [7, 11) is 0. The molecule has 0 spiro atoms. The predicted octanol–water partition coefficient (Wildman–Crippen LogP) is 2.28. The first-order valence-electron chi connectivity index (χ1n) is 8.18. The molecular formula is C18H23NO4. The molecule has 0 N–H and O–H groups in total. The maximum Gasteiger partial charge on any atom is 0.246 e. The maximum absolute atomic E-state index is 12.2. The molecule has 0 aromatic heterocycles. The van der Waals surface area contributed by atoms with Crippen LogP contribution in [0, 0.1) is 0 Å². The lowest BCUT2D eigenvalue weighted by molar-refractivity contribution is -0.129. The summed E-state index contributed by atoms with van der Waals surface area (Å²) in [5.41, 5.74) is 2.04. The van der Waals surface area contributed by atoms with Crippen molar-refractivity contribution >= 4 is 12.0 Å². The largest absolute Gasteiger partial charge is 0.493 e. The normalized spacial score (nSPS) is 20.4. The number of fused-ring (bicyclic) bond motifs is 1. The Bertz CT molecular complexity index is 605. The van der Waals surface area contributed by atoms with Crippen LogP contribution in [0.25, 0.3) is 6.08 Å². The Labute approximate surface area is 136 Å². The van der Waals surface area contributed by atoms with Crippen molar-refractivity contribution in [3.8, 4) is 11.5 Å². The lowest BCUT2D eigenvalue weighted by Gasteiger charge is -2.25. The second kappa shape index (κ2) is 7.04. The number of morpholine rings is 1. The Kier molecular flexibility index (Phi) is 4.86. The molecule has 0 radical (unpaired) electrons. The number of nitrogens with zero attached hydrogens (tertiary/aromatic N) is 1. The van der Waals surface area contributed by atoms with E-state index in [1.807, 2.05) is 25.1 Å². The molecule has 1 aromatic rings. The smallest absolute Gasteiger partial charge is 0.246 e. The molecule has 5 heteroatoms. The third-order valence-electron chi connectivity index (χ3n) is 4.06. The monoisotopic (exact) mass is 317 g/mol. The zero-order valence-electron chi connectivity index (χ0n) is 13.7. The molecule has 1 amide bonds. The van der Waals surface area contributed by atoms with Crippen LogP contribution in [0.3, 0.4) is 0 Å². The van der Waals surface area contributed by atoms with Crippen molar-refractivity contribution in [3.63, 3.8) is 0 Å². The molecule has 0 aliphatic carbocycles. The molecule has 1 saturated heterocycles. The number of benzene rings is 1. The second-order valence-corrected chi connectivity index (χ2v) is 5.83. The number of ether oxygens (including phenoxy) is 3.